The van der Waals surface area contributed by atoms with E-state index in [4.69, 9.17) is 0 Å². The zero-order valence-electron chi connectivity index (χ0n) is 11.5. The fourth-order valence-electron chi connectivity index (χ4n) is 1.39. The van der Waals surface area contributed by atoms with E-state index >= 15 is 0 Å². The molecule has 102 valence electrons. The summed E-state index contributed by atoms with van der Waals surface area (Å²) >= 11 is 0. The lowest BCUT2D eigenvalue weighted by Crippen LogP contribution is -1.99. The van der Waals surface area contributed by atoms with E-state index in [1.165, 1.54) is 0 Å². The van der Waals surface area contributed by atoms with Crippen molar-refractivity contribution in [2.75, 3.05) is 0 Å². The summed E-state index contributed by atoms with van der Waals surface area (Å²) in [5.41, 5.74) is 0. The van der Waals surface area contributed by atoms with Crippen LogP contribution in [0.4, 0.5) is 0 Å². The number of hydrogen-bond donors (Lipinski definition) is 2. The third kappa shape index (κ3) is 11.4. The molecule has 2 N–H and O–H groups in total. The van der Waals surface area contributed by atoms with Crippen molar-refractivity contribution in [2.24, 2.45) is 0 Å². The Morgan fingerprint density at radius 2 is 1.44 bits per heavy atom. The molecule has 0 heterocycles. The van der Waals surface area contributed by atoms with Gasteiger partial charge in [0.15, 0.2) is 0 Å². The SMILES string of the molecule is CC/C=C\C[C@H](O)/C=C/C=C\C=C\[C@@H](O)CCC. The van der Waals surface area contributed by atoms with Crippen molar-refractivity contribution in [3.05, 3.63) is 48.6 Å². The Labute approximate surface area is 111 Å². The maximum Gasteiger partial charge on any atom is 0.0758 e. The third-order valence-corrected chi connectivity index (χ3v) is 2.36. The Morgan fingerprint density at radius 3 is 2.00 bits per heavy atom. The van der Waals surface area contributed by atoms with E-state index in [9.17, 15) is 10.2 Å². The van der Waals surface area contributed by atoms with Crippen molar-refractivity contribution in [3.8, 4) is 0 Å². The minimum atomic E-state index is -0.424. The van der Waals surface area contributed by atoms with E-state index < -0.39 is 6.10 Å². The molecule has 0 radical (unpaired) electrons. The number of rotatable bonds is 9. The Balaban J connectivity index is 3.82. The van der Waals surface area contributed by atoms with Crippen LogP contribution in [0.2, 0.25) is 0 Å². The van der Waals surface area contributed by atoms with Crippen LogP contribution in [0.1, 0.15) is 39.5 Å². The Morgan fingerprint density at radius 1 is 0.833 bits per heavy atom. The van der Waals surface area contributed by atoms with Crippen molar-refractivity contribution in [1.82, 2.24) is 0 Å². The Hall–Kier alpha value is -1.12. The fraction of sp³-hybridized carbons (Fsp3) is 0.500. The molecule has 0 saturated heterocycles. The first-order chi connectivity index (χ1) is 8.70. The maximum absolute atomic E-state index is 9.56. The van der Waals surface area contributed by atoms with Crippen LogP contribution >= 0.6 is 0 Å². The molecule has 0 unspecified atom stereocenters. The highest BCUT2D eigenvalue weighted by atomic mass is 16.3. The molecular weight excluding hydrogens is 224 g/mol. The normalized spacial score (nSPS) is 16.4. The molecule has 0 aromatic rings. The van der Waals surface area contributed by atoms with Gasteiger partial charge in [-0.15, -0.1) is 0 Å². The minimum absolute atomic E-state index is 0.353. The molecule has 0 aliphatic heterocycles. The topological polar surface area (TPSA) is 40.5 Å². The van der Waals surface area contributed by atoms with Crippen LogP contribution in [-0.4, -0.2) is 22.4 Å². The van der Waals surface area contributed by atoms with Crippen LogP contribution in [0.3, 0.4) is 0 Å². The molecule has 0 fully saturated rings. The van der Waals surface area contributed by atoms with Gasteiger partial charge < -0.3 is 10.2 Å². The summed E-state index contributed by atoms with van der Waals surface area (Å²) in [6, 6.07) is 0. The van der Waals surface area contributed by atoms with Crippen LogP contribution in [0, 0.1) is 0 Å². The van der Waals surface area contributed by atoms with Gasteiger partial charge in [-0.1, -0.05) is 68.9 Å². The van der Waals surface area contributed by atoms with Crippen LogP contribution in [0.15, 0.2) is 48.6 Å². The van der Waals surface area contributed by atoms with E-state index in [2.05, 4.69) is 6.92 Å². The van der Waals surface area contributed by atoms with Gasteiger partial charge in [0, 0.05) is 0 Å². The molecule has 0 spiro atoms. The predicted octanol–water partition coefficient (Wildman–Crippen LogP) is 3.53. The van der Waals surface area contributed by atoms with E-state index in [0.29, 0.717) is 6.42 Å². The van der Waals surface area contributed by atoms with E-state index in [1.807, 2.05) is 43.4 Å². The minimum Gasteiger partial charge on any atom is -0.389 e. The molecule has 0 rings (SSSR count). The molecule has 0 bridgehead atoms. The number of hydrogen-bond acceptors (Lipinski definition) is 2. The summed E-state index contributed by atoms with van der Waals surface area (Å²) in [6.45, 7) is 4.12. The molecule has 0 aliphatic rings. The summed E-state index contributed by atoms with van der Waals surface area (Å²) in [5, 5.41) is 19.0. The van der Waals surface area contributed by atoms with Crippen LogP contribution in [0.25, 0.3) is 0 Å². The number of aliphatic hydroxyl groups excluding tert-OH is 2. The molecule has 2 nitrogen and oxygen atoms in total. The summed E-state index contributed by atoms with van der Waals surface area (Å²) in [7, 11) is 0. The summed E-state index contributed by atoms with van der Waals surface area (Å²) < 4.78 is 0. The average Bonchev–Trinajstić information content (AvgIpc) is 2.34. The van der Waals surface area contributed by atoms with Gasteiger partial charge in [-0.3, -0.25) is 0 Å². The molecule has 0 aromatic carbocycles. The quantitative estimate of drug-likeness (QED) is 0.485. The second kappa shape index (κ2) is 12.3. The van der Waals surface area contributed by atoms with Gasteiger partial charge in [0.05, 0.1) is 12.2 Å². The van der Waals surface area contributed by atoms with E-state index in [0.717, 1.165) is 19.3 Å². The molecule has 0 saturated carbocycles. The third-order valence-electron chi connectivity index (χ3n) is 2.36. The van der Waals surface area contributed by atoms with Crippen molar-refractivity contribution in [3.63, 3.8) is 0 Å². The maximum atomic E-state index is 9.56. The van der Waals surface area contributed by atoms with Gasteiger partial charge in [0.25, 0.3) is 0 Å². The van der Waals surface area contributed by atoms with E-state index in [-0.39, 0.29) is 6.10 Å². The second-order valence-electron chi connectivity index (χ2n) is 4.19. The molecule has 0 aromatic heterocycles. The van der Waals surface area contributed by atoms with Gasteiger partial charge >= 0.3 is 0 Å². The standard InChI is InChI=1S/C16H26O2/c1-3-5-8-12-16(18)14-10-7-6-9-13-15(17)11-4-2/h5-10,13-18H,3-4,11-12H2,1-2H3/b7-6-,8-5-,13-9+,14-10+/t15-,16-/m0/s1. The molecule has 0 amide bonds. The van der Waals surface area contributed by atoms with Crippen LogP contribution in [0.5, 0.6) is 0 Å². The molecular formula is C16H26O2. The fourth-order valence-corrected chi connectivity index (χ4v) is 1.39. The van der Waals surface area contributed by atoms with E-state index in [1.54, 1.807) is 12.2 Å². The van der Waals surface area contributed by atoms with Crippen molar-refractivity contribution in [2.45, 2.75) is 51.7 Å². The Bertz CT molecular complexity index is 287. The molecule has 18 heavy (non-hydrogen) atoms. The first-order valence-corrected chi connectivity index (χ1v) is 6.73. The first-order valence-electron chi connectivity index (χ1n) is 6.73. The predicted molar refractivity (Wildman–Crippen MR) is 78.4 cm³/mol. The average molecular weight is 250 g/mol. The number of allylic oxidation sites excluding steroid dienone is 5. The zero-order chi connectivity index (χ0) is 13.6. The van der Waals surface area contributed by atoms with Gasteiger partial charge in [0.1, 0.15) is 0 Å². The Kier molecular flexibility index (Phi) is 11.6. The van der Waals surface area contributed by atoms with Crippen molar-refractivity contribution < 1.29 is 10.2 Å². The van der Waals surface area contributed by atoms with Gasteiger partial charge in [-0.05, 0) is 19.3 Å². The lowest BCUT2D eigenvalue weighted by atomic mass is 10.2. The highest BCUT2D eigenvalue weighted by Gasteiger charge is 1.93. The lowest BCUT2D eigenvalue weighted by Gasteiger charge is -1.99. The first kappa shape index (κ1) is 16.9. The highest BCUT2D eigenvalue weighted by molar-refractivity contribution is 5.13. The molecule has 2 heteroatoms. The highest BCUT2D eigenvalue weighted by Crippen LogP contribution is 1.98. The monoisotopic (exact) mass is 250 g/mol. The van der Waals surface area contributed by atoms with Crippen molar-refractivity contribution in [1.29, 1.82) is 0 Å². The smallest absolute Gasteiger partial charge is 0.0758 e. The van der Waals surface area contributed by atoms with Gasteiger partial charge in [0.2, 0.25) is 0 Å². The summed E-state index contributed by atoms with van der Waals surface area (Å²) in [5.74, 6) is 0. The number of aliphatic hydroxyl groups is 2. The summed E-state index contributed by atoms with van der Waals surface area (Å²) in [6.07, 6.45) is 17.6. The lowest BCUT2D eigenvalue weighted by molar-refractivity contribution is 0.211. The van der Waals surface area contributed by atoms with Crippen LogP contribution in [-0.2, 0) is 0 Å². The second-order valence-corrected chi connectivity index (χ2v) is 4.19. The molecule has 2 atom stereocenters. The summed E-state index contributed by atoms with van der Waals surface area (Å²) in [4.78, 5) is 0. The largest absolute Gasteiger partial charge is 0.389 e. The van der Waals surface area contributed by atoms with Crippen molar-refractivity contribution >= 4 is 0 Å². The zero-order valence-corrected chi connectivity index (χ0v) is 11.5. The van der Waals surface area contributed by atoms with Gasteiger partial charge in [-0.2, -0.15) is 0 Å². The molecule has 0 aliphatic carbocycles. The van der Waals surface area contributed by atoms with Crippen LogP contribution < -0.4 is 0 Å². The van der Waals surface area contributed by atoms with Gasteiger partial charge in [-0.25, -0.2) is 0 Å².